The van der Waals surface area contributed by atoms with Gasteiger partial charge in [0.1, 0.15) is 0 Å². The Morgan fingerprint density at radius 1 is 1.20 bits per heavy atom. The van der Waals surface area contributed by atoms with Gasteiger partial charge in [-0.25, -0.2) is 0 Å². The van der Waals surface area contributed by atoms with Gasteiger partial charge in [-0.1, -0.05) is 48.4 Å². The molecule has 20 heavy (non-hydrogen) atoms. The Morgan fingerprint density at radius 2 is 1.80 bits per heavy atom. The van der Waals surface area contributed by atoms with Crippen molar-refractivity contribution in [1.29, 1.82) is 0 Å². The first-order valence-corrected chi connectivity index (χ1v) is 7.36. The molecular weight excluding hydrogens is 270 g/mol. The molecule has 0 spiro atoms. The lowest BCUT2D eigenvalue weighted by atomic mass is 9.97. The van der Waals surface area contributed by atoms with Crippen molar-refractivity contribution < 1.29 is 0 Å². The van der Waals surface area contributed by atoms with Crippen molar-refractivity contribution in [2.24, 2.45) is 5.73 Å². The second-order valence-corrected chi connectivity index (χ2v) is 5.73. The molecule has 2 atom stereocenters. The van der Waals surface area contributed by atoms with Gasteiger partial charge in [-0.3, -0.25) is 4.68 Å². The Balaban J connectivity index is 2.52. The van der Waals surface area contributed by atoms with Crippen LogP contribution in [-0.4, -0.2) is 15.8 Å². The van der Waals surface area contributed by atoms with Crippen molar-refractivity contribution in [3.05, 3.63) is 51.8 Å². The molecule has 2 rings (SSSR count). The van der Waals surface area contributed by atoms with Crippen molar-refractivity contribution in [3.63, 3.8) is 0 Å². The van der Waals surface area contributed by atoms with Crippen LogP contribution in [0, 0.1) is 20.8 Å². The maximum absolute atomic E-state index is 6.34. The minimum absolute atomic E-state index is 0.00627. The number of nitrogens with two attached hydrogens (primary N) is 1. The van der Waals surface area contributed by atoms with Gasteiger partial charge in [0.2, 0.25) is 0 Å². The van der Waals surface area contributed by atoms with Crippen LogP contribution in [0.2, 0.25) is 5.02 Å². The highest BCUT2D eigenvalue weighted by Gasteiger charge is 2.24. The third-order valence-electron chi connectivity index (χ3n) is 3.80. The molecule has 1 aromatic carbocycles. The predicted octanol–water partition coefficient (Wildman–Crippen LogP) is 3.79. The highest BCUT2D eigenvalue weighted by molar-refractivity contribution is 6.31. The number of rotatable bonds is 4. The summed E-state index contributed by atoms with van der Waals surface area (Å²) in [6.07, 6.45) is 0.883. The zero-order chi connectivity index (χ0) is 14.9. The van der Waals surface area contributed by atoms with Gasteiger partial charge in [-0.05, 0) is 32.8 Å². The number of halogens is 1. The lowest BCUT2D eigenvalue weighted by Crippen LogP contribution is -2.33. The summed E-state index contributed by atoms with van der Waals surface area (Å²) in [5.41, 5.74) is 10.6. The first-order valence-electron chi connectivity index (χ1n) is 6.99. The van der Waals surface area contributed by atoms with E-state index in [4.69, 9.17) is 17.3 Å². The molecule has 3 nitrogen and oxygen atoms in total. The smallest absolute Gasteiger partial charge is 0.0922 e. The molecule has 0 bridgehead atoms. The summed E-state index contributed by atoms with van der Waals surface area (Å²) in [6.45, 7) is 8.10. The number of benzene rings is 1. The van der Waals surface area contributed by atoms with Crippen LogP contribution in [0.1, 0.15) is 41.9 Å². The summed E-state index contributed by atoms with van der Waals surface area (Å²) < 4.78 is 1.97. The maximum atomic E-state index is 6.34. The number of aromatic nitrogens is 2. The van der Waals surface area contributed by atoms with Crippen molar-refractivity contribution in [1.82, 2.24) is 9.78 Å². The third kappa shape index (κ3) is 2.74. The van der Waals surface area contributed by atoms with Crippen molar-refractivity contribution >= 4 is 11.6 Å². The predicted molar refractivity (Wildman–Crippen MR) is 84.3 cm³/mol. The van der Waals surface area contributed by atoms with Gasteiger partial charge in [0.15, 0.2) is 0 Å². The quantitative estimate of drug-likeness (QED) is 0.931. The maximum Gasteiger partial charge on any atom is 0.0922 e. The topological polar surface area (TPSA) is 43.8 Å². The van der Waals surface area contributed by atoms with Gasteiger partial charge >= 0.3 is 0 Å². The normalized spacial score (nSPS) is 14.3. The van der Waals surface area contributed by atoms with Crippen LogP contribution in [0.3, 0.4) is 0 Å². The van der Waals surface area contributed by atoms with Crippen LogP contribution in [0.25, 0.3) is 0 Å². The van der Waals surface area contributed by atoms with E-state index in [0.29, 0.717) is 0 Å². The molecule has 0 radical (unpaired) electrons. The molecule has 0 aliphatic heterocycles. The first kappa shape index (κ1) is 15.1. The minimum Gasteiger partial charge on any atom is -0.326 e. The van der Waals surface area contributed by atoms with Gasteiger partial charge in [-0.2, -0.15) is 5.10 Å². The number of hydrogen-bond donors (Lipinski definition) is 1. The molecule has 0 saturated carbocycles. The lowest BCUT2D eigenvalue weighted by molar-refractivity contribution is 0.415. The van der Waals surface area contributed by atoms with E-state index in [1.165, 1.54) is 11.1 Å². The average molecular weight is 292 g/mol. The van der Waals surface area contributed by atoms with E-state index in [1.54, 1.807) is 0 Å². The molecule has 0 fully saturated rings. The Kier molecular flexibility index (Phi) is 4.51. The highest BCUT2D eigenvalue weighted by atomic mass is 35.5. The fourth-order valence-electron chi connectivity index (χ4n) is 2.47. The molecular formula is C16H22ClN3. The van der Waals surface area contributed by atoms with E-state index < -0.39 is 0 Å². The first-order chi connectivity index (χ1) is 9.45. The molecule has 1 heterocycles. The van der Waals surface area contributed by atoms with Crippen LogP contribution in [0.5, 0.6) is 0 Å². The lowest BCUT2D eigenvalue weighted by Gasteiger charge is -2.25. The van der Waals surface area contributed by atoms with Gasteiger partial charge in [0.05, 0.1) is 22.5 Å². The number of aryl methyl sites for hydroxylation is 2. The zero-order valence-corrected chi connectivity index (χ0v) is 13.3. The van der Waals surface area contributed by atoms with Crippen LogP contribution in [0.15, 0.2) is 24.3 Å². The molecule has 2 N–H and O–H groups in total. The van der Waals surface area contributed by atoms with Gasteiger partial charge in [-0.15, -0.1) is 0 Å². The fourth-order valence-corrected chi connectivity index (χ4v) is 2.59. The van der Waals surface area contributed by atoms with Gasteiger partial charge in [0, 0.05) is 6.04 Å². The van der Waals surface area contributed by atoms with E-state index in [1.807, 2.05) is 18.5 Å². The standard InChI is InChI=1S/C16H22ClN3/c1-5-14(18)16(13-8-6-10(2)7-9-13)20-12(4)15(17)11(3)19-20/h6-9,14,16H,5,18H2,1-4H3. The Hall–Kier alpha value is -1.32. The van der Waals surface area contributed by atoms with E-state index in [9.17, 15) is 0 Å². The monoisotopic (exact) mass is 291 g/mol. The Morgan fingerprint density at radius 3 is 2.25 bits per heavy atom. The summed E-state index contributed by atoms with van der Waals surface area (Å²) in [5, 5.41) is 5.31. The van der Waals surface area contributed by atoms with E-state index >= 15 is 0 Å². The molecule has 0 saturated heterocycles. The summed E-state index contributed by atoms with van der Waals surface area (Å²) in [6, 6.07) is 8.49. The molecule has 108 valence electrons. The SMILES string of the molecule is CCC(N)C(c1ccc(C)cc1)n1nc(C)c(Cl)c1C. The van der Waals surface area contributed by atoms with E-state index in [-0.39, 0.29) is 12.1 Å². The molecule has 2 unspecified atom stereocenters. The zero-order valence-electron chi connectivity index (χ0n) is 12.5. The molecule has 4 heteroatoms. The number of hydrogen-bond acceptors (Lipinski definition) is 2. The molecule has 0 aliphatic carbocycles. The van der Waals surface area contributed by atoms with Crippen LogP contribution < -0.4 is 5.73 Å². The molecule has 1 aromatic heterocycles. The second kappa shape index (κ2) is 5.98. The largest absolute Gasteiger partial charge is 0.326 e. The Labute approximate surface area is 125 Å². The summed E-state index contributed by atoms with van der Waals surface area (Å²) >= 11 is 6.28. The van der Waals surface area contributed by atoms with E-state index in [2.05, 4.69) is 43.2 Å². The van der Waals surface area contributed by atoms with Crippen molar-refractivity contribution in [3.8, 4) is 0 Å². The van der Waals surface area contributed by atoms with Crippen molar-refractivity contribution in [2.45, 2.75) is 46.2 Å². The summed E-state index contributed by atoms with van der Waals surface area (Å²) in [5.74, 6) is 0. The fraction of sp³-hybridized carbons (Fsp3) is 0.438. The Bertz CT molecular complexity index is 587. The van der Waals surface area contributed by atoms with Crippen LogP contribution in [0.4, 0.5) is 0 Å². The molecule has 0 aliphatic rings. The summed E-state index contributed by atoms with van der Waals surface area (Å²) in [7, 11) is 0. The number of nitrogens with zero attached hydrogens (tertiary/aromatic N) is 2. The van der Waals surface area contributed by atoms with Gasteiger partial charge < -0.3 is 5.73 Å². The van der Waals surface area contributed by atoms with E-state index in [0.717, 1.165) is 22.8 Å². The molecule has 2 aromatic rings. The minimum atomic E-state index is 0.00627. The third-order valence-corrected chi connectivity index (χ3v) is 4.34. The second-order valence-electron chi connectivity index (χ2n) is 5.36. The van der Waals surface area contributed by atoms with Crippen LogP contribution >= 0.6 is 11.6 Å². The molecule has 0 amide bonds. The van der Waals surface area contributed by atoms with Gasteiger partial charge in [0.25, 0.3) is 0 Å². The highest BCUT2D eigenvalue weighted by Crippen LogP contribution is 2.28. The average Bonchev–Trinajstić information content (AvgIpc) is 2.69. The summed E-state index contributed by atoms with van der Waals surface area (Å²) in [4.78, 5) is 0. The van der Waals surface area contributed by atoms with Crippen molar-refractivity contribution in [2.75, 3.05) is 0 Å². The van der Waals surface area contributed by atoms with Crippen LogP contribution in [-0.2, 0) is 0 Å².